The number of esters is 1. The predicted molar refractivity (Wildman–Crippen MR) is 50.4 cm³/mol. The molecule has 0 aromatic carbocycles. The minimum Gasteiger partial charge on any atom is -0.462 e. The van der Waals surface area contributed by atoms with Crippen LogP contribution in [0, 0.1) is 0 Å². The highest BCUT2D eigenvalue weighted by molar-refractivity contribution is 5.71. The van der Waals surface area contributed by atoms with Gasteiger partial charge in [0.05, 0.1) is 6.42 Å². The van der Waals surface area contributed by atoms with Crippen LogP contribution >= 0.6 is 0 Å². The highest BCUT2D eigenvalue weighted by atomic mass is 16.7. The van der Waals surface area contributed by atoms with Gasteiger partial charge in [-0.15, -0.1) is 0 Å². The van der Waals surface area contributed by atoms with Crippen LogP contribution in [0.15, 0.2) is 24.7 Å². The highest BCUT2D eigenvalue weighted by Gasteiger charge is 2.21. The number of allylic oxidation sites excluding steroid dienone is 1. The van der Waals surface area contributed by atoms with Crippen LogP contribution in [0.25, 0.3) is 0 Å². The molecule has 0 aliphatic carbocycles. The van der Waals surface area contributed by atoms with E-state index < -0.39 is 0 Å². The first kappa shape index (κ1) is 10.6. The van der Waals surface area contributed by atoms with Gasteiger partial charge in [-0.25, -0.2) is 0 Å². The Morgan fingerprint density at radius 3 is 3.14 bits per heavy atom. The molecule has 0 radical (unpaired) electrons. The summed E-state index contributed by atoms with van der Waals surface area (Å²) in [6.07, 6.45) is 3.63. The molecule has 0 N–H and O–H groups in total. The van der Waals surface area contributed by atoms with Crippen molar-refractivity contribution in [3.8, 4) is 0 Å². The van der Waals surface area contributed by atoms with Gasteiger partial charge < -0.3 is 14.2 Å². The van der Waals surface area contributed by atoms with Crippen molar-refractivity contribution in [3.05, 3.63) is 24.7 Å². The predicted octanol–water partition coefficient (Wildman–Crippen LogP) is 1.38. The number of carbonyl (C=O) groups is 1. The summed E-state index contributed by atoms with van der Waals surface area (Å²) in [5, 5.41) is 0. The monoisotopic (exact) mass is 198 g/mol. The third-order valence-electron chi connectivity index (χ3n) is 1.68. The van der Waals surface area contributed by atoms with Gasteiger partial charge in [-0.2, -0.15) is 0 Å². The van der Waals surface area contributed by atoms with Gasteiger partial charge in [0, 0.05) is 0 Å². The minimum absolute atomic E-state index is 0.211. The molecule has 0 bridgehead atoms. The van der Waals surface area contributed by atoms with E-state index in [-0.39, 0.29) is 18.7 Å². The standard InChI is InChI=1S/C10H14O4/c1-3-4-5-10(11)13-7-9-6-12-8(2)14-9/h3-4,9H,2,5-7H2,1H3/b4-3+. The lowest BCUT2D eigenvalue weighted by Crippen LogP contribution is -2.20. The first-order valence-electron chi connectivity index (χ1n) is 4.47. The molecule has 0 saturated carbocycles. The molecule has 1 aliphatic heterocycles. The number of ether oxygens (including phenoxy) is 3. The van der Waals surface area contributed by atoms with E-state index in [0.29, 0.717) is 19.0 Å². The molecule has 0 amide bonds. The summed E-state index contributed by atoms with van der Waals surface area (Å²) < 4.78 is 15.0. The van der Waals surface area contributed by atoms with Crippen LogP contribution in [0.1, 0.15) is 13.3 Å². The van der Waals surface area contributed by atoms with Crippen LogP contribution in [0.2, 0.25) is 0 Å². The van der Waals surface area contributed by atoms with E-state index in [9.17, 15) is 4.79 Å². The summed E-state index contributed by atoms with van der Waals surface area (Å²) in [4.78, 5) is 11.0. The molecule has 4 heteroatoms. The Morgan fingerprint density at radius 2 is 2.57 bits per heavy atom. The van der Waals surface area contributed by atoms with Crippen molar-refractivity contribution in [1.29, 1.82) is 0 Å². The average molecular weight is 198 g/mol. The maximum Gasteiger partial charge on any atom is 0.309 e. The van der Waals surface area contributed by atoms with Gasteiger partial charge in [-0.1, -0.05) is 12.2 Å². The molecular weight excluding hydrogens is 184 g/mol. The summed E-state index contributed by atoms with van der Waals surface area (Å²) in [7, 11) is 0. The number of carbonyl (C=O) groups excluding carboxylic acids is 1. The fraction of sp³-hybridized carbons (Fsp3) is 0.500. The third kappa shape index (κ3) is 3.51. The van der Waals surface area contributed by atoms with Crippen molar-refractivity contribution < 1.29 is 19.0 Å². The normalized spacial score (nSPS) is 20.6. The molecule has 1 saturated heterocycles. The van der Waals surface area contributed by atoms with Gasteiger partial charge in [0.1, 0.15) is 13.2 Å². The Bertz CT molecular complexity index is 245. The van der Waals surface area contributed by atoms with Crippen molar-refractivity contribution in [2.45, 2.75) is 19.4 Å². The molecule has 78 valence electrons. The van der Waals surface area contributed by atoms with E-state index in [1.54, 1.807) is 12.2 Å². The summed E-state index contributed by atoms with van der Waals surface area (Å²) in [5.41, 5.74) is 0. The Kier molecular flexibility index (Phi) is 4.04. The van der Waals surface area contributed by atoms with Gasteiger partial charge in [0.2, 0.25) is 0 Å². The minimum atomic E-state index is -0.260. The van der Waals surface area contributed by atoms with Crippen LogP contribution in [-0.4, -0.2) is 25.3 Å². The van der Waals surface area contributed by atoms with E-state index in [1.807, 2.05) is 6.92 Å². The molecule has 14 heavy (non-hydrogen) atoms. The lowest BCUT2D eigenvalue weighted by atomic mass is 10.4. The largest absolute Gasteiger partial charge is 0.462 e. The first-order chi connectivity index (χ1) is 6.72. The zero-order valence-corrected chi connectivity index (χ0v) is 8.19. The SMILES string of the molecule is C=C1OCC(COC(=O)C/C=C/C)O1. The topological polar surface area (TPSA) is 44.8 Å². The molecular formula is C10H14O4. The summed E-state index contributed by atoms with van der Waals surface area (Å²) in [6.45, 7) is 5.95. The van der Waals surface area contributed by atoms with Gasteiger partial charge in [-0.3, -0.25) is 4.79 Å². The fourth-order valence-electron chi connectivity index (χ4n) is 0.981. The molecule has 1 atom stereocenters. The van der Waals surface area contributed by atoms with Crippen LogP contribution in [-0.2, 0) is 19.0 Å². The first-order valence-corrected chi connectivity index (χ1v) is 4.47. The van der Waals surface area contributed by atoms with Crippen LogP contribution in [0.5, 0.6) is 0 Å². The highest BCUT2D eigenvalue weighted by Crippen LogP contribution is 2.12. The molecule has 1 rings (SSSR count). The number of rotatable bonds is 4. The maximum absolute atomic E-state index is 11.0. The van der Waals surface area contributed by atoms with Crippen LogP contribution in [0.4, 0.5) is 0 Å². The van der Waals surface area contributed by atoms with E-state index >= 15 is 0 Å². The van der Waals surface area contributed by atoms with E-state index in [1.165, 1.54) is 0 Å². The van der Waals surface area contributed by atoms with Crippen LogP contribution < -0.4 is 0 Å². The Balaban J connectivity index is 2.14. The summed E-state index contributed by atoms with van der Waals surface area (Å²) in [5.74, 6) is 0.0312. The lowest BCUT2D eigenvalue weighted by Gasteiger charge is -2.07. The smallest absolute Gasteiger partial charge is 0.309 e. The number of hydrogen-bond donors (Lipinski definition) is 0. The van der Waals surface area contributed by atoms with Crippen molar-refractivity contribution in [2.75, 3.05) is 13.2 Å². The Labute approximate surface area is 83.1 Å². The molecule has 4 nitrogen and oxygen atoms in total. The third-order valence-corrected chi connectivity index (χ3v) is 1.68. The molecule has 1 fully saturated rings. The quantitative estimate of drug-likeness (QED) is 0.505. The average Bonchev–Trinajstić information content (AvgIpc) is 2.58. The lowest BCUT2D eigenvalue weighted by molar-refractivity contribution is -0.145. The van der Waals surface area contributed by atoms with Crippen molar-refractivity contribution in [2.24, 2.45) is 0 Å². The van der Waals surface area contributed by atoms with E-state index in [0.717, 1.165) is 0 Å². The molecule has 1 unspecified atom stereocenters. The Morgan fingerprint density at radius 1 is 1.79 bits per heavy atom. The van der Waals surface area contributed by atoms with Crippen LogP contribution in [0.3, 0.4) is 0 Å². The van der Waals surface area contributed by atoms with Gasteiger partial charge in [0.25, 0.3) is 5.95 Å². The zero-order valence-electron chi connectivity index (χ0n) is 8.19. The van der Waals surface area contributed by atoms with Gasteiger partial charge in [-0.05, 0) is 13.5 Å². The second-order valence-corrected chi connectivity index (χ2v) is 2.88. The summed E-state index contributed by atoms with van der Waals surface area (Å²) >= 11 is 0. The molecule has 1 heterocycles. The second kappa shape index (κ2) is 5.32. The van der Waals surface area contributed by atoms with Crippen molar-refractivity contribution >= 4 is 5.97 Å². The maximum atomic E-state index is 11.0. The molecule has 0 aromatic heterocycles. The van der Waals surface area contributed by atoms with Gasteiger partial charge in [0.15, 0.2) is 6.10 Å². The molecule has 0 aromatic rings. The van der Waals surface area contributed by atoms with Gasteiger partial charge >= 0.3 is 5.97 Å². The van der Waals surface area contributed by atoms with E-state index in [4.69, 9.17) is 14.2 Å². The number of hydrogen-bond acceptors (Lipinski definition) is 4. The van der Waals surface area contributed by atoms with Crippen molar-refractivity contribution in [3.63, 3.8) is 0 Å². The zero-order chi connectivity index (χ0) is 10.4. The molecule has 0 spiro atoms. The Hall–Kier alpha value is -1.45. The van der Waals surface area contributed by atoms with Crippen molar-refractivity contribution in [1.82, 2.24) is 0 Å². The fourth-order valence-corrected chi connectivity index (χ4v) is 0.981. The molecule has 1 aliphatic rings. The van der Waals surface area contributed by atoms with E-state index in [2.05, 4.69) is 6.58 Å². The summed E-state index contributed by atoms with van der Waals surface area (Å²) in [6, 6.07) is 0. The second-order valence-electron chi connectivity index (χ2n) is 2.88.